The molecule has 320 valence electrons. The van der Waals surface area contributed by atoms with Crippen molar-refractivity contribution >= 4 is 82.5 Å². The number of aromatic nitrogens is 3. The largest absolute Gasteiger partial charge is 0.309 e. The molecule has 3 aliphatic heterocycles. The van der Waals surface area contributed by atoms with Gasteiger partial charge in [-0.05, 0) is 106 Å². The molecule has 67 heavy (non-hydrogen) atoms. The van der Waals surface area contributed by atoms with Crippen LogP contribution in [-0.4, -0.2) is 13.7 Å². The Hall–Kier alpha value is -7.82. The molecule has 4 nitrogen and oxygen atoms in total. The van der Waals surface area contributed by atoms with Crippen LogP contribution in [0.4, 0.5) is 17.1 Å². The van der Waals surface area contributed by atoms with Crippen molar-refractivity contribution in [3.05, 3.63) is 215 Å². The zero-order valence-corrected chi connectivity index (χ0v) is 38.6. The summed E-state index contributed by atoms with van der Waals surface area (Å²) in [5.41, 5.74) is 22.0. The molecule has 9 aromatic carbocycles. The third kappa shape index (κ3) is 4.49. The first kappa shape index (κ1) is 37.4. The van der Waals surface area contributed by atoms with Crippen molar-refractivity contribution in [2.45, 2.75) is 57.8 Å². The van der Waals surface area contributed by atoms with Gasteiger partial charge in [-0.25, -0.2) is 0 Å². The van der Waals surface area contributed by atoms with Crippen molar-refractivity contribution in [3.8, 4) is 17.1 Å². The Morgan fingerprint density at radius 2 is 0.433 bits per heavy atom. The van der Waals surface area contributed by atoms with Gasteiger partial charge in [0.05, 0.1) is 50.2 Å². The lowest BCUT2D eigenvalue weighted by Crippen LogP contribution is -2.44. The van der Waals surface area contributed by atoms with Crippen molar-refractivity contribution in [2.24, 2.45) is 0 Å². The van der Waals surface area contributed by atoms with Gasteiger partial charge >= 0.3 is 0 Å². The predicted molar refractivity (Wildman–Crippen MR) is 281 cm³/mol. The summed E-state index contributed by atoms with van der Waals surface area (Å²) >= 11 is 0. The van der Waals surface area contributed by atoms with Crippen molar-refractivity contribution in [2.75, 3.05) is 4.90 Å². The lowest BCUT2D eigenvalue weighted by molar-refractivity contribution is 0.565. The van der Waals surface area contributed by atoms with E-state index < -0.39 is 0 Å². The monoisotopic (exact) mass is 860 g/mol. The van der Waals surface area contributed by atoms with Crippen LogP contribution in [0.5, 0.6) is 0 Å². The molecule has 4 heteroatoms. The van der Waals surface area contributed by atoms with E-state index in [2.05, 4.69) is 242 Å². The van der Waals surface area contributed by atoms with Gasteiger partial charge in [0.2, 0.25) is 0 Å². The molecular weight excluding hydrogens is 813 g/mol. The Kier molecular flexibility index (Phi) is 6.89. The number of nitrogens with zero attached hydrogens (tertiary/aromatic N) is 4. The maximum atomic E-state index is 2.72. The smallest absolute Gasteiger partial charge is 0.0545 e. The fourth-order valence-electron chi connectivity index (χ4n) is 13.2. The summed E-state index contributed by atoms with van der Waals surface area (Å²) in [6, 6.07) is 68.8. The molecule has 0 saturated carbocycles. The number of fused-ring (bicyclic) bond motifs is 9. The Morgan fingerprint density at radius 1 is 0.254 bits per heavy atom. The molecule has 6 heterocycles. The van der Waals surface area contributed by atoms with Crippen LogP contribution < -0.4 is 4.90 Å². The summed E-state index contributed by atoms with van der Waals surface area (Å²) in [4.78, 5) is 2.72. The van der Waals surface area contributed by atoms with E-state index in [0.717, 1.165) is 0 Å². The van der Waals surface area contributed by atoms with Gasteiger partial charge in [0.15, 0.2) is 0 Å². The van der Waals surface area contributed by atoms with Crippen LogP contribution in [0.25, 0.3) is 82.5 Å². The van der Waals surface area contributed by atoms with Crippen molar-refractivity contribution in [1.82, 2.24) is 13.7 Å². The topological polar surface area (TPSA) is 18.0 Å². The van der Waals surface area contributed by atoms with Crippen LogP contribution in [0, 0.1) is 0 Å². The molecule has 3 aromatic heterocycles. The molecule has 0 radical (unpaired) electrons. The molecule has 0 aliphatic carbocycles. The fraction of sp³-hybridized carbons (Fsp3) is 0.143. The first-order chi connectivity index (χ1) is 32.5. The highest BCUT2D eigenvalue weighted by Crippen LogP contribution is 2.67. The molecular formula is C63H48N4. The van der Waals surface area contributed by atoms with Gasteiger partial charge in [0, 0.05) is 65.6 Å². The third-order valence-electron chi connectivity index (χ3n) is 16.5. The molecule has 0 saturated heterocycles. The van der Waals surface area contributed by atoms with Crippen molar-refractivity contribution in [3.63, 3.8) is 0 Å². The molecule has 0 fully saturated rings. The van der Waals surface area contributed by atoms with Crippen LogP contribution in [0.2, 0.25) is 0 Å². The summed E-state index contributed by atoms with van der Waals surface area (Å²) in [5, 5.41) is 7.65. The first-order valence-corrected chi connectivity index (χ1v) is 23.9. The highest BCUT2D eigenvalue weighted by Gasteiger charge is 2.52. The maximum Gasteiger partial charge on any atom is 0.0545 e. The standard InChI is InChI=1S/C63H48N4/c1-61(2)46-31-37(64-52-25-13-7-19-40(52)41-20-8-14-26-53(41)64)33-48-58(46)67-59-47(61)32-38(65-54-27-15-9-21-42(54)43-22-10-16-28-55(43)65)34-49(59)63(5,6)51-36-39(35-50(60(51)67)62(48,3)4)66-56-29-17-11-23-44(56)45-24-12-18-30-57(45)66/h7-36H,1-6H3. The van der Waals surface area contributed by atoms with Gasteiger partial charge in [-0.2, -0.15) is 0 Å². The highest BCUT2D eigenvalue weighted by molar-refractivity contribution is 6.12. The molecule has 12 aromatic rings. The second-order valence-electron chi connectivity index (χ2n) is 21.0. The molecule has 0 unspecified atom stereocenters. The van der Waals surface area contributed by atoms with E-state index >= 15 is 0 Å². The quantitative estimate of drug-likeness (QED) is 0.173. The molecule has 0 atom stereocenters. The van der Waals surface area contributed by atoms with E-state index in [9.17, 15) is 0 Å². The summed E-state index contributed by atoms with van der Waals surface area (Å²) in [7, 11) is 0. The number of hydrogen-bond acceptors (Lipinski definition) is 1. The average Bonchev–Trinajstić information content (AvgIpc) is 3.99. The average molecular weight is 861 g/mol. The van der Waals surface area contributed by atoms with Crippen LogP contribution in [0.15, 0.2) is 182 Å². The van der Waals surface area contributed by atoms with Gasteiger partial charge in [-0.15, -0.1) is 0 Å². The Morgan fingerprint density at radius 3 is 0.627 bits per heavy atom. The number of rotatable bonds is 3. The van der Waals surface area contributed by atoms with E-state index in [-0.39, 0.29) is 16.2 Å². The van der Waals surface area contributed by atoms with E-state index in [1.165, 1.54) is 133 Å². The van der Waals surface area contributed by atoms with Gasteiger partial charge in [0.1, 0.15) is 0 Å². The van der Waals surface area contributed by atoms with Crippen molar-refractivity contribution < 1.29 is 0 Å². The van der Waals surface area contributed by atoms with Gasteiger partial charge in [0.25, 0.3) is 0 Å². The van der Waals surface area contributed by atoms with Crippen LogP contribution in [-0.2, 0) is 16.2 Å². The summed E-state index contributed by atoms with van der Waals surface area (Å²) in [6.07, 6.45) is 0. The third-order valence-corrected chi connectivity index (χ3v) is 16.5. The minimum atomic E-state index is -0.363. The molecule has 0 spiro atoms. The maximum absolute atomic E-state index is 2.72. The zero-order chi connectivity index (χ0) is 44.9. The Balaban J connectivity index is 1.10. The number of hydrogen-bond donors (Lipinski definition) is 0. The van der Waals surface area contributed by atoms with E-state index in [1.807, 2.05) is 0 Å². The first-order valence-electron chi connectivity index (χ1n) is 23.9. The van der Waals surface area contributed by atoms with Crippen LogP contribution in [0.3, 0.4) is 0 Å². The minimum absolute atomic E-state index is 0.363. The van der Waals surface area contributed by atoms with E-state index in [0.29, 0.717) is 0 Å². The fourth-order valence-corrected chi connectivity index (χ4v) is 13.2. The second-order valence-corrected chi connectivity index (χ2v) is 21.0. The lowest BCUT2D eigenvalue weighted by atomic mass is 9.60. The Bertz CT molecular complexity index is 3530. The number of para-hydroxylation sites is 6. The normalized spacial score (nSPS) is 15.9. The zero-order valence-electron chi connectivity index (χ0n) is 38.6. The predicted octanol–water partition coefficient (Wildman–Crippen LogP) is 16.4. The Labute approximate surface area is 389 Å². The van der Waals surface area contributed by atoms with Crippen molar-refractivity contribution in [1.29, 1.82) is 0 Å². The number of anilines is 3. The molecule has 15 rings (SSSR count). The van der Waals surface area contributed by atoms with Crippen LogP contribution in [0.1, 0.15) is 74.9 Å². The minimum Gasteiger partial charge on any atom is -0.309 e. The van der Waals surface area contributed by atoms with E-state index in [4.69, 9.17) is 0 Å². The van der Waals surface area contributed by atoms with Gasteiger partial charge in [-0.3, -0.25) is 0 Å². The molecule has 0 N–H and O–H groups in total. The lowest BCUT2D eigenvalue weighted by Gasteiger charge is -2.55. The SMILES string of the molecule is CC1(C)c2cc(-n3c4ccccc4c4ccccc43)cc3c2N2c4c1cc(-n1c5ccccc5c5ccccc51)cc4C(C)(C)c1cc(-n4c5ccccc5c5ccccc54)cc(c12)C3(C)C. The second kappa shape index (κ2) is 12.3. The summed E-state index contributed by atoms with van der Waals surface area (Å²) < 4.78 is 7.58. The molecule has 3 aliphatic rings. The molecule has 0 amide bonds. The molecule has 0 bridgehead atoms. The van der Waals surface area contributed by atoms with Gasteiger partial charge in [-0.1, -0.05) is 151 Å². The van der Waals surface area contributed by atoms with Crippen LogP contribution >= 0.6 is 0 Å². The van der Waals surface area contributed by atoms with E-state index in [1.54, 1.807) is 0 Å². The highest BCUT2D eigenvalue weighted by atomic mass is 15.2. The number of benzene rings is 9. The summed E-state index contributed by atoms with van der Waals surface area (Å²) in [5.74, 6) is 0. The summed E-state index contributed by atoms with van der Waals surface area (Å²) in [6.45, 7) is 14.9. The van der Waals surface area contributed by atoms with Gasteiger partial charge < -0.3 is 18.6 Å².